The van der Waals surface area contributed by atoms with Crippen LogP contribution in [0.4, 0.5) is 0 Å². The topological polar surface area (TPSA) is 91.8 Å². The van der Waals surface area contributed by atoms with Gasteiger partial charge in [0.1, 0.15) is 5.54 Å². The average molecular weight is 294 g/mol. The third-order valence-corrected chi connectivity index (χ3v) is 4.28. The predicted molar refractivity (Wildman–Crippen MR) is 74.0 cm³/mol. The van der Waals surface area contributed by atoms with E-state index in [1.165, 1.54) is 11.8 Å². The van der Waals surface area contributed by atoms with Crippen LogP contribution in [0.25, 0.3) is 0 Å². The number of nitrogens with zero attached hydrogens (tertiary/aromatic N) is 3. The van der Waals surface area contributed by atoms with Gasteiger partial charge in [0.05, 0.1) is 11.8 Å². The summed E-state index contributed by atoms with van der Waals surface area (Å²) in [5.74, 6) is 1.06. The van der Waals surface area contributed by atoms with Crippen LogP contribution >= 0.6 is 11.8 Å². The van der Waals surface area contributed by atoms with Crippen molar-refractivity contribution in [2.75, 3.05) is 5.75 Å². The van der Waals surface area contributed by atoms with Crippen molar-refractivity contribution in [3.63, 3.8) is 0 Å². The van der Waals surface area contributed by atoms with Gasteiger partial charge in [-0.25, -0.2) is 0 Å². The number of hydrogen-bond donors (Lipinski definition) is 1. The third-order valence-electron chi connectivity index (χ3n) is 3.46. The summed E-state index contributed by atoms with van der Waals surface area (Å²) in [6.45, 7) is 5.52. The van der Waals surface area contributed by atoms with Gasteiger partial charge < -0.3 is 9.73 Å². The number of hydrogen-bond acceptors (Lipinski definition) is 6. The van der Waals surface area contributed by atoms with Crippen molar-refractivity contribution in [2.45, 2.75) is 50.3 Å². The maximum Gasteiger partial charge on any atom is 0.277 e. The third kappa shape index (κ3) is 3.51. The van der Waals surface area contributed by atoms with Crippen LogP contribution in [0.3, 0.4) is 0 Å². The number of nitriles is 1. The minimum absolute atomic E-state index is 0.0336. The van der Waals surface area contributed by atoms with E-state index in [9.17, 15) is 4.79 Å². The molecule has 6 nitrogen and oxygen atoms in total. The van der Waals surface area contributed by atoms with Gasteiger partial charge in [-0.2, -0.15) is 5.26 Å². The number of carbonyl (C=O) groups excluding carboxylic acids is 1. The lowest BCUT2D eigenvalue weighted by molar-refractivity contribution is -0.120. The van der Waals surface area contributed by atoms with E-state index in [2.05, 4.69) is 21.6 Å². The molecule has 0 spiro atoms. The molecule has 1 heterocycles. The number of amides is 1. The first-order chi connectivity index (χ1) is 9.44. The Bertz CT molecular complexity index is 533. The number of nitrogens with one attached hydrogen (secondary N) is 1. The molecule has 1 aromatic rings. The molecule has 1 aliphatic carbocycles. The van der Waals surface area contributed by atoms with Crippen LogP contribution in [0, 0.1) is 17.2 Å². The van der Waals surface area contributed by atoms with E-state index >= 15 is 0 Å². The van der Waals surface area contributed by atoms with Crippen LogP contribution in [0.2, 0.25) is 0 Å². The van der Waals surface area contributed by atoms with E-state index in [4.69, 9.17) is 9.68 Å². The standard InChI is InChI=1S/C13H18N4O2S/c1-8(2)13(3,7-14)15-10(18)6-20-12-17-16-11(19-12)9-4-5-9/h8-9H,4-6H2,1-3H3,(H,15,18)/t13-/m1/s1. The SMILES string of the molecule is CC(C)[C@@](C)(C#N)NC(=O)CSc1nnc(C2CC2)o1. The molecule has 108 valence electrons. The molecular weight excluding hydrogens is 276 g/mol. The first kappa shape index (κ1) is 14.9. The van der Waals surface area contributed by atoms with E-state index in [0.717, 1.165) is 12.8 Å². The lowest BCUT2D eigenvalue weighted by atomic mass is 9.90. The molecule has 1 N–H and O–H groups in total. The molecule has 1 atom stereocenters. The Morgan fingerprint density at radius 3 is 2.85 bits per heavy atom. The van der Waals surface area contributed by atoms with Gasteiger partial charge in [0.2, 0.25) is 11.8 Å². The minimum atomic E-state index is -0.855. The highest BCUT2D eigenvalue weighted by Gasteiger charge is 2.31. The minimum Gasteiger partial charge on any atom is -0.416 e. The summed E-state index contributed by atoms with van der Waals surface area (Å²) in [7, 11) is 0. The van der Waals surface area contributed by atoms with E-state index in [-0.39, 0.29) is 17.6 Å². The maximum absolute atomic E-state index is 11.9. The Morgan fingerprint density at radius 2 is 2.30 bits per heavy atom. The van der Waals surface area contributed by atoms with Crippen molar-refractivity contribution in [1.82, 2.24) is 15.5 Å². The molecule has 0 radical (unpaired) electrons. The molecule has 0 unspecified atom stereocenters. The zero-order valence-corrected chi connectivity index (χ0v) is 12.7. The van der Waals surface area contributed by atoms with Crippen molar-refractivity contribution in [1.29, 1.82) is 5.26 Å². The van der Waals surface area contributed by atoms with Crippen LogP contribution in [0.1, 0.15) is 45.4 Å². The van der Waals surface area contributed by atoms with Crippen molar-refractivity contribution in [2.24, 2.45) is 5.92 Å². The first-order valence-corrected chi connectivity index (χ1v) is 7.61. The number of aromatic nitrogens is 2. The second-order valence-corrected chi connectivity index (χ2v) is 6.41. The van der Waals surface area contributed by atoms with Crippen LogP contribution in [-0.4, -0.2) is 27.4 Å². The normalized spacial score (nSPS) is 17.6. The van der Waals surface area contributed by atoms with E-state index in [1.807, 2.05) is 13.8 Å². The van der Waals surface area contributed by atoms with Gasteiger partial charge >= 0.3 is 0 Å². The monoisotopic (exact) mass is 294 g/mol. The molecule has 0 bridgehead atoms. The largest absolute Gasteiger partial charge is 0.416 e. The molecule has 0 saturated heterocycles. The molecular formula is C13H18N4O2S. The van der Waals surface area contributed by atoms with E-state index in [1.54, 1.807) is 6.92 Å². The Hall–Kier alpha value is -1.55. The first-order valence-electron chi connectivity index (χ1n) is 6.63. The second-order valence-electron chi connectivity index (χ2n) is 5.49. The summed E-state index contributed by atoms with van der Waals surface area (Å²) < 4.78 is 5.46. The zero-order chi connectivity index (χ0) is 14.8. The zero-order valence-electron chi connectivity index (χ0n) is 11.8. The van der Waals surface area contributed by atoms with E-state index in [0.29, 0.717) is 17.0 Å². The molecule has 1 saturated carbocycles. The molecule has 0 aromatic carbocycles. The van der Waals surface area contributed by atoms with Crippen molar-refractivity contribution >= 4 is 17.7 Å². The summed E-state index contributed by atoms with van der Waals surface area (Å²) in [6, 6.07) is 2.14. The Kier molecular flexibility index (Phi) is 4.33. The Labute approximate surface area is 122 Å². The van der Waals surface area contributed by atoms with Crippen LogP contribution < -0.4 is 5.32 Å². The van der Waals surface area contributed by atoms with Crippen LogP contribution in [-0.2, 0) is 4.79 Å². The second kappa shape index (κ2) is 5.83. The van der Waals surface area contributed by atoms with Gasteiger partial charge in [-0.1, -0.05) is 25.6 Å². The number of carbonyl (C=O) groups is 1. The number of thioether (sulfide) groups is 1. The van der Waals surface area contributed by atoms with Gasteiger partial charge in [-0.15, -0.1) is 10.2 Å². The maximum atomic E-state index is 11.9. The highest BCUT2D eigenvalue weighted by Crippen LogP contribution is 2.39. The molecule has 1 aromatic heterocycles. The summed E-state index contributed by atoms with van der Waals surface area (Å²) in [4.78, 5) is 11.9. The molecule has 2 rings (SSSR count). The molecule has 1 aliphatic rings. The summed E-state index contributed by atoms with van der Waals surface area (Å²) in [5, 5.41) is 20.2. The van der Waals surface area contributed by atoms with Crippen molar-refractivity contribution < 1.29 is 9.21 Å². The fourth-order valence-electron chi connectivity index (χ4n) is 1.53. The molecule has 20 heavy (non-hydrogen) atoms. The highest BCUT2D eigenvalue weighted by molar-refractivity contribution is 7.99. The smallest absolute Gasteiger partial charge is 0.277 e. The molecule has 1 amide bonds. The lowest BCUT2D eigenvalue weighted by Gasteiger charge is -2.27. The van der Waals surface area contributed by atoms with Crippen LogP contribution in [0.5, 0.6) is 0 Å². The Morgan fingerprint density at radius 1 is 1.60 bits per heavy atom. The van der Waals surface area contributed by atoms with Crippen molar-refractivity contribution in [3.8, 4) is 6.07 Å². The highest BCUT2D eigenvalue weighted by atomic mass is 32.2. The average Bonchev–Trinajstić information content (AvgIpc) is 3.15. The van der Waals surface area contributed by atoms with Gasteiger partial charge in [-0.05, 0) is 25.7 Å². The summed E-state index contributed by atoms with van der Waals surface area (Å²) >= 11 is 1.20. The van der Waals surface area contributed by atoms with Crippen LogP contribution in [0.15, 0.2) is 9.64 Å². The number of rotatable bonds is 6. The molecule has 1 fully saturated rings. The molecule has 0 aliphatic heterocycles. The fraction of sp³-hybridized carbons (Fsp3) is 0.692. The quantitative estimate of drug-likeness (QED) is 0.808. The summed E-state index contributed by atoms with van der Waals surface area (Å²) in [5.41, 5.74) is -0.855. The molecule has 7 heteroatoms. The Balaban J connectivity index is 1.83. The van der Waals surface area contributed by atoms with Gasteiger partial charge in [0.25, 0.3) is 5.22 Å². The van der Waals surface area contributed by atoms with Gasteiger partial charge in [0, 0.05) is 5.92 Å². The van der Waals surface area contributed by atoms with Crippen molar-refractivity contribution in [3.05, 3.63) is 5.89 Å². The summed E-state index contributed by atoms with van der Waals surface area (Å²) in [6.07, 6.45) is 2.20. The van der Waals surface area contributed by atoms with Gasteiger partial charge in [-0.3, -0.25) is 4.79 Å². The van der Waals surface area contributed by atoms with E-state index < -0.39 is 5.54 Å². The lowest BCUT2D eigenvalue weighted by Crippen LogP contribution is -2.49. The van der Waals surface area contributed by atoms with Gasteiger partial charge in [0.15, 0.2) is 0 Å². The predicted octanol–water partition coefficient (Wildman–Crippen LogP) is 2.09. The fourth-order valence-corrected chi connectivity index (χ4v) is 2.10.